The Morgan fingerprint density at radius 1 is 1.61 bits per heavy atom. The van der Waals surface area contributed by atoms with Crippen molar-refractivity contribution < 1.29 is 14.6 Å². The van der Waals surface area contributed by atoms with Crippen LogP contribution < -0.4 is 5.32 Å². The number of aliphatic hydroxyl groups excluding tert-OH is 1. The van der Waals surface area contributed by atoms with Gasteiger partial charge in [-0.25, -0.2) is 0 Å². The molecule has 0 bridgehead atoms. The molecule has 1 aromatic rings. The molecule has 0 unspecified atom stereocenters. The molecule has 5 nitrogen and oxygen atoms in total. The lowest BCUT2D eigenvalue weighted by Gasteiger charge is -2.06. The summed E-state index contributed by atoms with van der Waals surface area (Å²) in [5, 5.41) is 11.4. The first-order valence-corrected chi connectivity index (χ1v) is 5.60. The number of nitrogens with zero attached hydrogens (tertiary/aromatic N) is 1. The van der Waals surface area contributed by atoms with Gasteiger partial charge in [-0.2, -0.15) is 0 Å². The molecule has 0 radical (unpaired) electrons. The van der Waals surface area contributed by atoms with Crippen molar-refractivity contribution in [1.29, 1.82) is 0 Å². The summed E-state index contributed by atoms with van der Waals surface area (Å²) in [6, 6.07) is 1.60. The molecule has 0 fully saturated rings. The Morgan fingerprint density at radius 2 is 2.44 bits per heavy atom. The van der Waals surface area contributed by atoms with Gasteiger partial charge in [0.25, 0.3) is 5.91 Å². The van der Waals surface area contributed by atoms with E-state index < -0.39 is 0 Å². The minimum absolute atomic E-state index is 0.198. The molecule has 0 aliphatic heterocycles. The molecule has 0 atom stereocenters. The Balaban J connectivity index is 2.67. The average molecular weight is 248 g/mol. The molecule has 1 heterocycles. The summed E-state index contributed by atoms with van der Waals surface area (Å²) >= 11 is 0. The Hall–Kier alpha value is -1.90. The third-order valence-electron chi connectivity index (χ3n) is 2.18. The number of rotatable bonds is 5. The van der Waals surface area contributed by atoms with Crippen LogP contribution in [0.1, 0.15) is 22.3 Å². The largest absolute Gasteiger partial charge is 0.385 e. The zero-order valence-electron chi connectivity index (χ0n) is 10.3. The molecule has 0 saturated carbocycles. The molecule has 1 aromatic heterocycles. The molecule has 96 valence electrons. The molecule has 0 aliphatic rings. The highest BCUT2D eigenvalue weighted by Gasteiger charge is 2.08. The maximum atomic E-state index is 11.9. The lowest BCUT2D eigenvalue weighted by atomic mass is 10.1. The van der Waals surface area contributed by atoms with Crippen molar-refractivity contribution in [3.05, 3.63) is 29.6 Å². The second-order valence-corrected chi connectivity index (χ2v) is 3.48. The zero-order chi connectivity index (χ0) is 13.2. The first-order valence-electron chi connectivity index (χ1n) is 5.60. The Bertz CT molecular complexity index is 449. The van der Waals surface area contributed by atoms with Crippen molar-refractivity contribution in [2.24, 2.45) is 0 Å². The number of carbonyl (C=O) groups excluding carboxylic acids is 1. The fourth-order valence-electron chi connectivity index (χ4n) is 1.34. The van der Waals surface area contributed by atoms with Crippen LogP contribution in [0.2, 0.25) is 0 Å². The highest BCUT2D eigenvalue weighted by Crippen LogP contribution is 2.05. The summed E-state index contributed by atoms with van der Waals surface area (Å²) in [5.41, 5.74) is 0.971. The summed E-state index contributed by atoms with van der Waals surface area (Å²) in [6.07, 6.45) is 3.80. The summed E-state index contributed by atoms with van der Waals surface area (Å²) in [4.78, 5) is 15.8. The number of amides is 1. The topological polar surface area (TPSA) is 71.5 Å². The van der Waals surface area contributed by atoms with Gasteiger partial charge in [-0.1, -0.05) is 11.8 Å². The molecule has 1 amide bonds. The van der Waals surface area contributed by atoms with E-state index in [4.69, 9.17) is 9.84 Å². The minimum Gasteiger partial charge on any atom is -0.385 e. The predicted octanol–water partition coefficient (Wildman–Crippen LogP) is 0.192. The fourth-order valence-corrected chi connectivity index (χ4v) is 1.34. The average Bonchev–Trinajstić information content (AvgIpc) is 2.41. The van der Waals surface area contributed by atoms with Crippen LogP contribution in [-0.2, 0) is 4.74 Å². The Kier molecular flexibility index (Phi) is 6.47. The van der Waals surface area contributed by atoms with E-state index in [2.05, 4.69) is 22.1 Å². The summed E-state index contributed by atoms with van der Waals surface area (Å²) in [6.45, 7) is 0.902. The van der Waals surface area contributed by atoms with Crippen LogP contribution in [0.3, 0.4) is 0 Å². The number of hydrogen-bond acceptors (Lipinski definition) is 4. The van der Waals surface area contributed by atoms with Gasteiger partial charge in [-0.3, -0.25) is 9.78 Å². The number of pyridine rings is 1. The van der Waals surface area contributed by atoms with Gasteiger partial charge in [0, 0.05) is 32.7 Å². The Morgan fingerprint density at radius 3 is 3.17 bits per heavy atom. The molecular weight excluding hydrogens is 232 g/mol. The number of aliphatic hydroxyl groups is 1. The van der Waals surface area contributed by atoms with Crippen LogP contribution in [0.5, 0.6) is 0 Å². The van der Waals surface area contributed by atoms with Crippen molar-refractivity contribution in [2.75, 3.05) is 26.9 Å². The van der Waals surface area contributed by atoms with E-state index in [1.54, 1.807) is 13.2 Å². The number of methoxy groups -OCH3 is 1. The standard InChI is InChI=1S/C13H16N2O3/c1-18-9-3-6-15-13(17)12-5-7-14-10-11(12)4-2-8-16/h5,7,10,16H,3,6,8-9H2,1H3,(H,15,17). The van der Waals surface area contributed by atoms with Crippen LogP contribution >= 0.6 is 0 Å². The maximum absolute atomic E-state index is 11.9. The molecule has 18 heavy (non-hydrogen) atoms. The van der Waals surface area contributed by atoms with Gasteiger partial charge >= 0.3 is 0 Å². The van der Waals surface area contributed by atoms with Gasteiger partial charge in [0.2, 0.25) is 0 Å². The van der Waals surface area contributed by atoms with Crippen molar-refractivity contribution in [3.8, 4) is 11.8 Å². The second kappa shape index (κ2) is 8.23. The van der Waals surface area contributed by atoms with Crippen molar-refractivity contribution >= 4 is 5.91 Å². The monoisotopic (exact) mass is 248 g/mol. The smallest absolute Gasteiger partial charge is 0.252 e. The van der Waals surface area contributed by atoms with Gasteiger partial charge < -0.3 is 15.2 Å². The number of aromatic nitrogens is 1. The van der Waals surface area contributed by atoms with Crippen LogP contribution in [0.4, 0.5) is 0 Å². The van der Waals surface area contributed by atoms with Gasteiger partial charge in [0.15, 0.2) is 0 Å². The van der Waals surface area contributed by atoms with Crippen LogP contribution in [0.25, 0.3) is 0 Å². The van der Waals surface area contributed by atoms with E-state index in [0.717, 1.165) is 6.42 Å². The van der Waals surface area contributed by atoms with E-state index in [9.17, 15) is 4.79 Å². The summed E-state index contributed by atoms with van der Waals surface area (Å²) in [5.74, 6) is 5.00. The first kappa shape index (κ1) is 14.2. The molecule has 0 aromatic carbocycles. The normalized spacial score (nSPS) is 9.44. The summed E-state index contributed by atoms with van der Waals surface area (Å²) in [7, 11) is 1.62. The SMILES string of the molecule is COCCCNC(=O)c1ccncc1C#CCO. The molecule has 0 saturated heterocycles. The first-order chi connectivity index (χ1) is 8.79. The van der Waals surface area contributed by atoms with Crippen molar-refractivity contribution in [2.45, 2.75) is 6.42 Å². The van der Waals surface area contributed by atoms with Gasteiger partial charge in [-0.15, -0.1) is 0 Å². The summed E-state index contributed by atoms with van der Waals surface area (Å²) < 4.78 is 4.89. The molecule has 1 rings (SSSR count). The molecular formula is C13H16N2O3. The van der Waals surface area contributed by atoms with E-state index in [-0.39, 0.29) is 12.5 Å². The van der Waals surface area contributed by atoms with Crippen LogP contribution in [0, 0.1) is 11.8 Å². The number of ether oxygens (including phenoxy) is 1. The lowest BCUT2D eigenvalue weighted by Crippen LogP contribution is -2.26. The lowest BCUT2D eigenvalue weighted by molar-refractivity contribution is 0.0948. The highest BCUT2D eigenvalue weighted by atomic mass is 16.5. The molecule has 0 spiro atoms. The maximum Gasteiger partial charge on any atom is 0.252 e. The number of nitrogens with one attached hydrogen (secondary N) is 1. The molecule has 2 N–H and O–H groups in total. The third kappa shape index (κ3) is 4.53. The number of carbonyl (C=O) groups is 1. The van der Waals surface area contributed by atoms with E-state index in [0.29, 0.717) is 24.3 Å². The van der Waals surface area contributed by atoms with Crippen molar-refractivity contribution in [3.63, 3.8) is 0 Å². The van der Waals surface area contributed by atoms with Crippen molar-refractivity contribution in [1.82, 2.24) is 10.3 Å². The highest BCUT2D eigenvalue weighted by molar-refractivity contribution is 5.96. The number of hydrogen-bond donors (Lipinski definition) is 2. The third-order valence-corrected chi connectivity index (χ3v) is 2.18. The predicted molar refractivity (Wildman–Crippen MR) is 67.0 cm³/mol. The quantitative estimate of drug-likeness (QED) is 0.576. The van der Waals surface area contributed by atoms with E-state index in [1.165, 1.54) is 12.4 Å². The van der Waals surface area contributed by atoms with Crippen LogP contribution in [0.15, 0.2) is 18.5 Å². The van der Waals surface area contributed by atoms with Gasteiger partial charge in [-0.05, 0) is 12.5 Å². The zero-order valence-corrected chi connectivity index (χ0v) is 10.3. The fraction of sp³-hybridized carbons (Fsp3) is 0.385. The van der Waals surface area contributed by atoms with E-state index >= 15 is 0 Å². The van der Waals surface area contributed by atoms with E-state index in [1.807, 2.05) is 0 Å². The Labute approximate surface area is 106 Å². The minimum atomic E-state index is -0.246. The van der Waals surface area contributed by atoms with Crippen LogP contribution in [-0.4, -0.2) is 42.9 Å². The van der Waals surface area contributed by atoms with Gasteiger partial charge in [0.1, 0.15) is 6.61 Å². The van der Waals surface area contributed by atoms with Gasteiger partial charge in [0.05, 0.1) is 11.1 Å². The second-order valence-electron chi connectivity index (χ2n) is 3.48. The molecule has 5 heteroatoms. The molecule has 0 aliphatic carbocycles.